The van der Waals surface area contributed by atoms with Crippen molar-refractivity contribution in [3.8, 4) is 11.1 Å². The summed E-state index contributed by atoms with van der Waals surface area (Å²) in [6, 6.07) is 15.9. The molecule has 5 nitrogen and oxygen atoms in total. The third-order valence-electron chi connectivity index (χ3n) is 6.23. The first-order chi connectivity index (χ1) is 13.7. The number of benzene rings is 2. The van der Waals surface area contributed by atoms with Crippen molar-refractivity contribution in [2.24, 2.45) is 5.92 Å². The lowest BCUT2D eigenvalue weighted by Gasteiger charge is -2.40. The van der Waals surface area contributed by atoms with E-state index in [0.29, 0.717) is 11.7 Å². The SMILES string of the molecule is OCc1ccccc1-c1ccc2oc(C(O)=[NH+][C@H]3CN4CCC3CC4)cc2c1. The Kier molecular flexibility index (Phi) is 4.41. The molecule has 0 saturated carbocycles. The highest BCUT2D eigenvalue weighted by Crippen LogP contribution is 2.29. The number of rotatable bonds is 4. The highest BCUT2D eigenvalue weighted by molar-refractivity contribution is 5.93. The highest BCUT2D eigenvalue weighted by Gasteiger charge is 2.38. The first-order valence-electron chi connectivity index (χ1n) is 9.99. The van der Waals surface area contributed by atoms with Crippen LogP contribution in [0.25, 0.3) is 22.1 Å². The number of piperidine rings is 3. The molecule has 0 amide bonds. The van der Waals surface area contributed by atoms with E-state index in [9.17, 15) is 10.2 Å². The number of aliphatic hydroxyl groups excluding tert-OH is 2. The van der Waals surface area contributed by atoms with Gasteiger partial charge < -0.3 is 14.6 Å². The van der Waals surface area contributed by atoms with Crippen LogP contribution in [0.1, 0.15) is 24.2 Å². The zero-order chi connectivity index (χ0) is 19.1. The van der Waals surface area contributed by atoms with Gasteiger partial charge in [-0.25, -0.2) is 4.99 Å². The van der Waals surface area contributed by atoms with Crippen molar-refractivity contribution in [2.75, 3.05) is 19.6 Å². The molecule has 3 aliphatic heterocycles. The Labute approximate surface area is 163 Å². The molecule has 3 fully saturated rings. The number of fused-ring (bicyclic) bond motifs is 4. The van der Waals surface area contributed by atoms with E-state index < -0.39 is 0 Å². The van der Waals surface area contributed by atoms with Crippen LogP contribution in [-0.4, -0.2) is 46.7 Å². The van der Waals surface area contributed by atoms with Gasteiger partial charge in [-0.15, -0.1) is 0 Å². The van der Waals surface area contributed by atoms with Gasteiger partial charge in [0.25, 0.3) is 0 Å². The molecule has 6 rings (SSSR count). The molecule has 0 aliphatic carbocycles. The molecule has 3 aliphatic rings. The number of nitrogens with one attached hydrogen (secondary N) is 1. The van der Waals surface area contributed by atoms with Gasteiger partial charge >= 0.3 is 5.90 Å². The Balaban J connectivity index is 1.46. The van der Waals surface area contributed by atoms with Gasteiger partial charge in [0.1, 0.15) is 5.58 Å². The molecule has 2 aromatic carbocycles. The second-order valence-corrected chi connectivity index (χ2v) is 7.92. The second-order valence-electron chi connectivity index (χ2n) is 7.92. The Hall–Kier alpha value is -2.63. The first-order valence-corrected chi connectivity index (χ1v) is 9.99. The summed E-state index contributed by atoms with van der Waals surface area (Å²) < 4.78 is 5.89. The molecule has 5 heteroatoms. The van der Waals surface area contributed by atoms with Crippen molar-refractivity contribution in [3.05, 3.63) is 59.9 Å². The van der Waals surface area contributed by atoms with Crippen LogP contribution in [0.5, 0.6) is 0 Å². The van der Waals surface area contributed by atoms with Crippen molar-refractivity contribution in [1.29, 1.82) is 0 Å². The van der Waals surface area contributed by atoms with Crippen LogP contribution in [0, 0.1) is 5.92 Å². The molecule has 1 aromatic heterocycles. The van der Waals surface area contributed by atoms with Gasteiger partial charge in [-0.2, -0.15) is 0 Å². The van der Waals surface area contributed by atoms with Crippen LogP contribution in [0.2, 0.25) is 0 Å². The smallest absolute Gasteiger partial charge is 0.402 e. The summed E-state index contributed by atoms with van der Waals surface area (Å²) in [5.74, 6) is 1.21. The minimum atomic E-state index is 0.00288. The van der Waals surface area contributed by atoms with Gasteiger partial charge in [0.15, 0.2) is 6.04 Å². The zero-order valence-corrected chi connectivity index (χ0v) is 15.8. The van der Waals surface area contributed by atoms with E-state index in [1.807, 2.05) is 48.5 Å². The Morgan fingerprint density at radius 3 is 2.68 bits per heavy atom. The quantitative estimate of drug-likeness (QED) is 0.481. The highest BCUT2D eigenvalue weighted by atomic mass is 16.4. The standard InChI is InChI=1S/C23H24N2O3/c26-14-17-3-1-2-4-19(17)16-5-6-21-18(11-16)12-22(28-21)23(27)24-20-13-25-9-7-15(20)8-10-25/h1-6,11-12,15,20,26H,7-10,13-14H2,(H,24,27)/p+1/t20-/m0/s1. The molecule has 0 unspecified atom stereocenters. The first kappa shape index (κ1) is 17.5. The topological polar surface area (TPSA) is 70.8 Å². The third kappa shape index (κ3) is 3.11. The molecule has 3 N–H and O–H groups in total. The van der Waals surface area contributed by atoms with Crippen LogP contribution in [0.3, 0.4) is 0 Å². The second kappa shape index (κ2) is 7.08. The number of aliphatic hydroxyl groups is 2. The van der Waals surface area contributed by atoms with Gasteiger partial charge in [-0.3, -0.25) is 4.90 Å². The summed E-state index contributed by atoms with van der Waals surface area (Å²) >= 11 is 0. The predicted octanol–water partition coefficient (Wildman–Crippen LogP) is 2.07. The summed E-state index contributed by atoms with van der Waals surface area (Å²) in [5, 5.41) is 21.2. The van der Waals surface area contributed by atoms with Gasteiger partial charge in [-0.05, 0) is 54.8 Å². The predicted molar refractivity (Wildman–Crippen MR) is 108 cm³/mol. The molecule has 144 valence electrons. The van der Waals surface area contributed by atoms with Crippen LogP contribution in [0.4, 0.5) is 0 Å². The Morgan fingerprint density at radius 2 is 1.93 bits per heavy atom. The fourth-order valence-electron chi connectivity index (χ4n) is 4.64. The van der Waals surface area contributed by atoms with Gasteiger partial charge in [-0.1, -0.05) is 30.3 Å². The minimum Gasteiger partial charge on any atom is -0.457 e. The Bertz CT molecular complexity index is 1030. The minimum absolute atomic E-state index is 0.00288. The maximum Gasteiger partial charge on any atom is 0.402 e. The number of nitrogens with zero attached hydrogens (tertiary/aromatic N) is 1. The van der Waals surface area contributed by atoms with E-state index in [4.69, 9.17) is 4.42 Å². The zero-order valence-electron chi connectivity index (χ0n) is 15.8. The van der Waals surface area contributed by atoms with Crippen LogP contribution < -0.4 is 4.99 Å². The average Bonchev–Trinajstić information content (AvgIpc) is 3.18. The van der Waals surface area contributed by atoms with Crippen LogP contribution in [-0.2, 0) is 6.61 Å². The van der Waals surface area contributed by atoms with E-state index in [0.717, 1.165) is 34.2 Å². The van der Waals surface area contributed by atoms with Crippen molar-refractivity contribution in [2.45, 2.75) is 25.5 Å². The van der Waals surface area contributed by atoms with Crippen molar-refractivity contribution >= 4 is 16.9 Å². The number of furan rings is 1. The summed E-state index contributed by atoms with van der Waals surface area (Å²) in [6.07, 6.45) is 2.39. The molecule has 4 heterocycles. The average molecular weight is 377 g/mol. The summed E-state index contributed by atoms with van der Waals surface area (Å²) in [5.41, 5.74) is 3.66. The van der Waals surface area contributed by atoms with Gasteiger partial charge in [0.05, 0.1) is 13.2 Å². The van der Waals surface area contributed by atoms with Crippen molar-refractivity contribution < 1.29 is 19.6 Å². The van der Waals surface area contributed by atoms with Crippen molar-refractivity contribution in [1.82, 2.24) is 4.90 Å². The van der Waals surface area contributed by atoms with E-state index in [2.05, 4.69) is 9.89 Å². The molecule has 0 radical (unpaired) electrons. The van der Waals surface area contributed by atoms with E-state index >= 15 is 0 Å². The number of hydrogen-bond acceptors (Lipinski definition) is 3. The fraction of sp³-hybridized carbons (Fsp3) is 0.348. The monoisotopic (exact) mass is 377 g/mol. The molecular weight excluding hydrogens is 352 g/mol. The van der Waals surface area contributed by atoms with E-state index in [1.54, 1.807) is 0 Å². The molecule has 3 aromatic rings. The van der Waals surface area contributed by atoms with Gasteiger partial charge in [0, 0.05) is 17.4 Å². The van der Waals surface area contributed by atoms with E-state index in [1.165, 1.54) is 25.9 Å². The lowest BCUT2D eigenvalue weighted by molar-refractivity contribution is -0.529. The maximum absolute atomic E-state index is 10.6. The lowest BCUT2D eigenvalue weighted by atomic mass is 9.84. The largest absolute Gasteiger partial charge is 0.457 e. The lowest BCUT2D eigenvalue weighted by Crippen LogP contribution is -2.86. The molecule has 28 heavy (non-hydrogen) atoms. The normalized spacial score (nSPS) is 24.8. The summed E-state index contributed by atoms with van der Waals surface area (Å²) in [7, 11) is 0. The van der Waals surface area contributed by atoms with Crippen LogP contribution in [0.15, 0.2) is 52.9 Å². The summed E-state index contributed by atoms with van der Waals surface area (Å²) in [6.45, 7) is 3.33. The molecular formula is C23H25N2O3+. The summed E-state index contributed by atoms with van der Waals surface area (Å²) in [4.78, 5) is 5.75. The van der Waals surface area contributed by atoms with Crippen molar-refractivity contribution in [3.63, 3.8) is 0 Å². The maximum atomic E-state index is 10.6. The molecule has 0 spiro atoms. The fourth-order valence-corrected chi connectivity index (χ4v) is 4.64. The van der Waals surface area contributed by atoms with Gasteiger partial charge in [0.2, 0.25) is 5.76 Å². The van der Waals surface area contributed by atoms with Crippen LogP contribution >= 0.6 is 0 Å². The number of hydrogen-bond donors (Lipinski definition) is 3. The third-order valence-corrected chi connectivity index (χ3v) is 6.23. The molecule has 1 atom stereocenters. The van der Waals surface area contributed by atoms with E-state index in [-0.39, 0.29) is 18.5 Å². The molecule has 2 bridgehead atoms. The molecule has 3 saturated heterocycles. The Morgan fingerprint density at radius 1 is 1.11 bits per heavy atom.